The molecule has 105 valence electrons. The van der Waals surface area contributed by atoms with Crippen molar-refractivity contribution in [3.8, 4) is 11.8 Å². The first kappa shape index (κ1) is 15.9. The summed E-state index contributed by atoms with van der Waals surface area (Å²) in [5.74, 6) is 5.52. The quantitative estimate of drug-likeness (QED) is 0.538. The van der Waals surface area contributed by atoms with E-state index in [2.05, 4.69) is 11.8 Å². The molecule has 3 heteroatoms. The molecule has 0 heterocycles. The van der Waals surface area contributed by atoms with Gasteiger partial charge in [-0.1, -0.05) is 52.0 Å². The number of hydrogen-bond acceptors (Lipinski definition) is 0. The van der Waals surface area contributed by atoms with Crippen molar-refractivity contribution < 1.29 is 13.2 Å². The SMILES string of the molecule is CC(C)C#CC1=C(C(F)(F)F)C=C(C(C)(C)C)C[CH]1. The Labute approximate surface area is 113 Å². The van der Waals surface area contributed by atoms with Gasteiger partial charge in [0.15, 0.2) is 0 Å². The first-order chi connectivity index (χ1) is 8.51. The average molecular weight is 269 g/mol. The van der Waals surface area contributed by atoms with Crippen LogP contribution in [0.3, 0.4) is 0 Å². The third-order valence-electron chi connectivity index (χ3n) is 2.90. The van der Waals surface area contributed by atoms with Gasteiger partial charge in [0.2, 0.25) is 0 Å². The molecule has 0 N–H and O–H groups in total. The third-order valence-corrected chi connectivity index (χ3v) is 2.90. The van der Waals surface area contributed by atoms with Crippen molar-refractivity contribution in [2.24, 2.45) is 11.3 Å². The van der Waals surface area contributed by atoms with Gasteiger partial charge in [-0.25, -0.2) is 0 Å². The number of rotatable bonds is 0. The summed E-state index contributed by atoms with van der Waals surface area (Å²) in [4.78, 5) is 0. The fourth-order valence-corrected chi connectivity index (χ4v) is 1.73. The molecule has 0 unspecified atom stereocenters. The standard InChI is InChI=1S/C16H20F3/c1-11(2)6-7-12-8-9-13(15(3,4)5)10-14(12)16(17,18)19/h8,10-11H,9H2,1-5H3. The van der Waals surface area contributed by atoms with E-state index in [0.29, 0.717) is 6.42 Å². The largest absolute Gasteiger partial charge is 0.417 e. The van der Waals surface area contributed by atoms with E-state index in [1.54, 1.807) is 6.42 Å². The third kappa shape index (κ3) is 4.45. The molecule has 19 heavy (non-hydrogen) atoms. The zero-order chi connectivity index (χ0) is 14.8. The average Bonchev–Trinajstić information content (AvgIpc) is 2.23. The molecular weight excluding hydrogens is 249 g/mol. The van der Waals surface area contributed by atoms with Gasteiger partial charge in [-0.15, -0.1) is 0 Å². The maximum Gasteiger partial charge on any atom is 0.417 e. The summed E-state index contributed by atoms with van der Waals surface area (Å²) in [5.41, 5.74) is 0.0187. The molecule has 0 saturated heterocycles. The molecule has 0 nitrogen and oxygen atoms in total. The first-order valence-electron chi connectivity index (χ1n) is 6.39. The van der Waals surface area contributed by atoms with Gasteiger partial charge < -0.3 is 0 Å². The van der Waals surface area contributed by atoms with Gasteiger partial charge in [0.1, 0.15) is 0 Å². The molecule has 0 fully saturated rings. The summed E-state index contributed by atoms with van der Waals surface area (Å²) in [6.07, 6.45) is -0.956. The van der Waals surface area contributed by atoms with Crippen LogP contribution in [0.25, 0.3) is 0 Å². The number of allylic oxidation sites excluding steroid dienone is 4. The van der Waals surface area contributed by atoms with E-state index >= 15 is 0 Å². The van der Waals surface area contributed by atoms with E-state index in [4.69, 9.17) is 0 Å². The van der Waals surface area contributed by atoms with Crippen molar-refractivity contribution in [1.82, 2.24) is 0 Å². The van der Waals surface area contributed by atoms with Gasteiger partial charge in [0.05, 0.1) is 5.57 Å². The van der Waals surface area contributed by atoms with E-state index in [-0.39, 0.29) is 16.9 Å². The normalized spacial score (nSPS) is 17.2. The molecule has 0 aromatic rings. The van der Waals surface area contributed by atoms with Crippen molar-refractivity contribution in [3.63, 3.8) is 0 Å². The molecule has 1 aliphatic rings. The summed E-state index contributed by atoms with van der Waals surface area (Å²) in [6, 6.07) is 0. The summed E-state index contributed by atoms with van der Waals surface area (Å²) < 4.78 is 39.3. The molecule has 0 atom stereocenters. The van der Waals surface area contributed by atoms with Crippen LogP contribution in [0.15, 0.2) is 22.8 Å². The molecule has 0 aliphatic heterocycles. The molecule has 0 bridgehead atoms. The van der Waals surface area contributed by atoms with Gasteiger partial charge in [0, 0.05) is 17.9 Å². The number of hydrogen-bond donors (Lipinski definition) is 0. The Morgan fingerprint density at radius 3 is 2.16 bits per heavy atom. The lowest BCUT2D eigenvalue weighted by atomic mass is 9.78. The fourth-order valence-electron chi connectivity index (χ4n) is 1.73. The van der Waals surface area contributed by atoms with E-state index in [9.17, 15) is 13.2 Å². The van der Waals surface area contributed by atoms with Gasteiger partial charge in [-0.3, -0.25) is 0 Å². The van der Waals surface area contributed by atoms with Crippen molar-refractivity contribution in [2.75, 3.05) is 0 Å². The predicted molar refractivity (Wildman–Crippen MR) is 72.2 cm³/mol. The van der Waals surface area contributed by atoms with Crippen LogP contribution in [0.2, 0.25) is 0 Å². The maximum atomic E-state index is 13.1. The van der Waals surface area contributed by atoms with Crippen LogP contribution in [-0.4, -0.2) is 6.18 Å². The fraction of sp³-hybridized carbons (Fsp3) is 0.562. The molecule has 0 amide bonds. The van der Waals surface area contributed by atoms with Gasteiger partial charge in [0.25, 0.3) is 0 Å². The highest BCUT2D eigenvalue weighted by molar-refractivity contribution is 5.51. The molecular formula is C16H20F3. The maximum absolute atomic E-state index is 13.1. The molecule has 1 aliphatic carbocycles. The van der Waals surface area contributed by atoms with Crippen LogP contribution in [0.1, 0.15) is 41.0 Å². The van der Waals surface area contributed by atoms with Crippen LogP contribution >= 0.6 is 0 Å². The van der Waals surface area contributed by atoms with Crippen molar-refractivity contribution in [3.05, 3.63) is 29.2 Å². The Bertz CT molecular complexity index is 457. The minimum Gasteiger partial charge on any atom is -0.166 e. The smallest absolute Gasteiger partial charge is 0.166 e. The molecule has 1 radical (unpaired) electrons. The second-order valence-corrected chi connectivity index (χ2v) is 6.08. The molecule has 0 aromatic carbocycles. The second-order valence-electron chi connectivity index (χ2n) is 6.08. The van der Waals surface area contributed by atoms with E-state index in [0.717, 1.165) is 5.57 Å². The molecule has 1 rings (SSSR count). The first-order valence-corrected chi connectivity index (χ1v) is 6.39. The van der Waals surface area contributed by atoms with Crippen LogP contribution in [0.4, 0.5) is 13.2 Å². The van der Waals surface area contributed by atoms with Crippen molar-refractivity contribution in [1.29, 1.82) is 0 Å². The number of halogens is 3. The van der Waals surface area contributed by atoms with Crippen LogP contribution in [-0.2, 0) is 0 Å². The zero-order valence-electron chi connectivity index (χ0n) is 12.1. The second kappa shape index (κ2) is 5.45. The lowest BCUT2D eigenvalue weighted by Crippen LogP contribution is -2.20. The van der Waals surface area contributed by atoms with Crippen LogP contribution in [0.5, 0.6) is 0 Å². The lowest BCUT2D eigenvalue weighted by Gasteiger charge is -2.28. The minimum absolute atomic E-state index is 0.0587. The number of alkyl halides is 3. The van der Waals surface area contributed by atoms with Crippen molar-refractivity contribution >= 4 is 0 Å². The predicted octanol–water partition coefficient (Wildman–Crippen LogP) is 5.09. The minimum atomic E-state index is -4.35. The van der Waals surface area contributed by atoms with E-state index < -0.39 is 11.7 Å². The topological polar surface area (TPSA) is 0 Å². The Balaban J connectivity index is 3.28. The summed E-state index contributed by atoms with van der Waals surface area (Å²) >= 11 is 0. The highest BCUT2D eigenvalue weighted by Crippen LogP contribution is 2.40. The molecule has 0 saturated carbocycles. The van der Waals surface area contributed by atoms with Crippen molar-refractivity contribution in [2.45, 2.75) is 47.2 Å². The van der Waals surface area contributed by atoms with E-state index in [1.807, 2.05) is 34.6 Å². The van der Waals surface area contributed by atoms with Gasteiger partial charge in [-0.05, 0) is 17.9 Å². The summed E-state index contributed by atoms with van der Waals surface area (Å²) in [5, 5.41) is 0. The Morgan fingerprint density at radius 1 is 1.16 bits per heavy atom. The Morgan fingerprint density at radius 2 is 1.74 bits per heavy atom. The molecule has 0 spiro atoms. The molecule has 0 aromatic heterocycles. The van der Waals surface area contributed by atoms with Gasteiger partial charge >= 0.3 is 6.18 Å². The summed E-state index contributed by atoms with van der Waals surface area (Å²) in [6.45, 7) is 9.49. The summed E-state index contributed by atoms with van der Waals surface area (Å²) in [7, 11) is 0. The van der Waals surface area contributed by atoms with Crippen LogP contribution in [0, 0.1) is 29.6 Å². The highest BCUT2D eigenvalue weighted by Gasteiger charge is 2.37. The highest BCUT2D eigenvalue weighted by atomic mass is 19.4. The van der Waals surface area contributed by atoms with Crippen LogP contribution < -0.4 is 0 Å². The van der Waals surface area contributed by atoms with E-state index in [1.165, 1.54) is 6.08 Å². The zero-order valence-corrected chi connectivity index (χ0v) is 12.1. The lowest BCUT2D eigenvalue weighted by molar-refractivity contribution is -0.0889. The Hall–Kier alpha value is -1.17. The monoisotopic (exact) mass is 269 g/mol. The van der Waals surface area contributed by atoms with Gasteiger partial charge in [-0.2, -0.15) is 13.2 Å². The Kier molecular flexibility index (Phi) is 4.55.